The van der Waals surface area contributed by atoms with Crippen molar-refractivity contribution in [1.29, 1.82) is 0 Å². The van der Waals surface area contributed by atoms with Crippen molar-refractivity contribution in [3.63, 3.8) is 0 Å². The summed E-state index contributed by atoms with van der Waals surface area (Å²) >= 11 is 0. The zero-order valence-corrected chi connectivity index (χ0v) is 15.5. The Kier molecular flexibility index (Phi) is 5.86. The molecule has 2 N–H and O–H groups in total. The molecule has 1 heterocycles. The van der Waals surface area contributed by atoms with Gasteiger partial charge in [0.25, 0.3) is 5.56 Å². The SMILES string of the molecule is Cc1ccc(OCCNC(=O)CCc2nc3ccccc3c(=O)[nH]2)c(C)c1. The van der Waals surface area contributed by atoms with Crippen LogP contribution in [0.3, 0.4) is 0 Å². The van der Waals surface area contributed by atoms with Crippen LogP contribution in [-0.2, 0) is 11.2 Å². The lowest BCUT2D eigenvalue weighted by molar-refractivity contribution is -0.121. The first-order valence-corrected chi connectivity index (χ1v) is 8.97. The number of aromatic nitrogens is 2. The van der Waals surface area contributed by atoms with Crippen molar-refractivity contribution < 1.29 is 9.53 Å². The Balaban J connectivity index is 1.45. The summed E-state index contributed by atoms with van der Waals surface area (Å²) in [4.78, 5) is 31.2. The zero-order valence-electron chi connectivity index (χ0n) is 15.5. The molecule has 0 radical (unpaired) electrons. The molecule has 0 aliphatic rings. The van der Waals surface area contributed by atoms with E-state index in [-0.39, 0.29) is 17.9 Å². The number of fused-ring (bicyclic) bond motifs is 1. The van der Waals surface area contributed by atoms with Crippen LogP contribution >= 0.6 is 0 Å². The van der Waals surface area contributed by atoms with Gasteiger partial charge in [-0.3, -0.25) is 9.59 Å². The number of carbonyl (C=O) groups is 1. The smallest absolute Gasteiger partial charge is 0.258 e. The van der Waals surface area contributed by atoms with Gasteiger partial charge >= 0.3 is 0 Å². The van der Waals surface area contributed by atoms with Crippen LogP contribution in [0, 0.1) is 13.8 Å². The van der Waals surface area contributed by atoms with E-state index in [1.54, 1.807) is 18.2 Å². The van der Waals surface area contributed by atoms with Crippen molar-refractivity contribution in [3.05, 3.63) is 69.8 Å². The Labute approximate surface area is 157 Å². The molecule has 2 aromatic carbocycles. The molecule has 140 valence electrons. The molecule has 1 aromatic heterocycles. The van der Waals surface area contributed by atoms with Gasteiger partial charge in [-0.15, -0.1) is 0 Å². The number of amides is 1. The quantitative estimate of drug-likeness (QED) is 0.631. The lowest BCUT2D eigenvalue weighted by atomic mass is 10.1. The Hall–Kier alpha value is -3.15. The van der Waals surface area contributed by atoms with E-state index in [9.17, 15) is 9.59 Å². The predicted octanol–water partition coefficient (Wildman–Crippen LogP) is 2.67. The molecule has 0 saturated carbocycles. The predicted molar refractivity (Wildman–Crippen MR) is 105 cm³/mol. The molecule has 6 nitrogen and oxygen atoms in total. The number of rotatable bonds is 7. The minimum absolute atomic E-state index is 0.102. The molecule has 6 heteroatoms. The first kappa shape index (κ1) is 18.6. The highest BCUT2D eigenvalue weighted by Gasteiger charge is 2.07. The van der Waals surface area contributed by atoms with E-state index in [2.05, 4.69) is 21.4 Å². The Morgan fingerprint density at radius 1 is 1.19 bits per heavy atom. The third-order valence-electron chi connectivity index (χ3n) is 4.26. The van der Waals surface area contributed by atoms with Gasteiger partial charge in [0.2, 0.25) is 5.91 Å². The van der Waals surface area contributed by atoms with Crippen LogP contribution in [-0.4, -0.2) is 29.0 Å². The number of benzene rings is 2. The molecule has 1 amide bonds. The van der Waals surface area contributed by atoms with Gasteiger partial charge in [-0.1, -0.05) is 29.8 Å². The normalized spacial score (nSPS) is 10.7. The molecule has 0 unspecified atom stereocenters. The molecule has 27 heavy (non-hydrogen) atoms. The van der Waals surface area contributed by atoms with Crippen LogP contribution in [0.1, 0.15) is 23.4 Å². The molecule has 0 atom stereocenters. The van der Waals surface area contributed by atoms with Crippen molar-refractivity contribution in [2.24, 2.45) is 0 Å². The van der Waals surface area contributed by atoms with Crippen molar-refractivity contribution in [2.75, 3.05) is 13.2 Å². The fourth-order valence-corrected chi connectivity index (χ4v) is 2.89. The van der Waals surface area contributed by atoms with Crippen molar-refractivity contribution in [2.45, 2.75) is 26.7 Å². The highest BCUT2D eigenvalue weighted by Crippen LogP contribution is 2.18. The fraction of sp³-hybridized carbons (Fsp3) is 0.286. The number of H-pyrrole nitrogens is 1. The molecular formula is C21H23N3O3. The van der Waals surface area contributed by atoms with E-state index in [1.165, 1.54) is 5.56 Å². The summed E-state index contributed by atoms with van der Waals surface area (Å²) in [7, 11) is 0. The molecule has 0 aliphatic heterocycles. The number of aryl methyl sites for hydroxylation is 3. The number of ether oxygens (including phenoxy) is 1. The average molecular weight is 365 g/mol. The third kappa shape index (κ3) is 4.94. The maximum absolute atomic E-state index is 12.0. The van der Waals surface area contributed by atoms with Gasteiger partial charge in [-0.05, 0) is 37.6 Å². The summed E-state index contributed by atoms with van der Waals surface area (Å²) in [5.41, 5.74) is 2.72. The summed E-state index contributed by atoms with van der Waals surface area (Å²) in [6.07, 6.45) is 0.634. The van der Waals surface area contributed by atoms with E-state index >= 15 is 0 Å². The number of para-hydroxylation sites is 1. The number of nitrogens with zero attached hydrogens (tertiary/aromatic N) is 1. The molecule has 0 saturated heterocycles. The highest BCUT2D eigenvalue weighted by atomic mass is 16.5. The standard InChI is InChI=1S/C21H23N3O3/c1-14-7-8-18(15(2)13-14)27-12-11-22-20(25)10-9-19-23-17-6-4-3-5-16(17)21(26)24-19/h3-8,13H,9-12H2,1-2H3,(H,22,25)(H,23,24,26). The average Bonchev–Trinajstić information content (AvgIpc) is 2.65. The first-order valence-electron chi connectivity index (χ1n) is 8.97. The number of hydrogen-bond acceptors (Lipinski definition) is 4. The van der Waals surface area contributed by atoms with Gasteiger partial charge in [-0.2, -0.15) is 0 Å². The van der Waals surface area contributed by atoms with Crippen molar-refractivity contribution in [3.8, 4) is 5.75 Å². The summed E-state index contributed by atoms with van der Waals surface area (Å²) < 4.78 is 5.69. The van der Waals surface area contributed by atoms with Gasteiger partial charge in [0.15, 0.2) is 0 Å². The van der Waals surface area contributed by atoms with Gasteiger partial charge in [0, 0.05) is 12.8 Å². The molecule has 0 bridgehead atoms. The number of hydrogen-bond donors (Lipinski definition) is 2. The topological polar surface area (TPSA) is 84.1 Å². The van der Waals surface area contributed by atoms with Crippen LogP contribution in [0.2, 0.25) is 0 Å². The Morgan fingerprint density at radius 3 is 2.81 bits per heavy atom. The van der Waals surface area contributed by atoms with Crippen LogP contribution in [0.25, 0.3) is 10.9 Å². The van der Waals surface area contributed by atoms with Crippen LogP contribution in [0.5, 0.6) is 5.75 Å². The lowest BCUT2D eigenvalue weighted by Crippen LogP contribution is -2.28. The lowest BCUT2D eigenvalue weighted by Gasteiger charge is -2.10. The summed E-state index contributed by atoms with van der Waals surface area (Å²) in [6, 6.07) is 13.2. The monoisotopic (exact) mass is 365 g/mol. The fourth-order valence-electron chi connectivity index (χ4n) is 2.89. The Morgan fingerprint density at radius 2 is 2.00 bits per heavy atom. The minimum atomic E-state index is -0.183. The second-order valence-corrected chi connectivity index (χ2v) is 6.50. The molecule has 3 aromatic rings. The van der Waals surface area contributed by atoms with E-state index in [0.717, 1.165) is 11.3 Å². The van der Waals surface area contributed by atoms with Gasteiger partial charge in [-0.25, -0.2) is 4.98 Å². The van der Waals surface area contributed by atoms with Gasteiger partial charge in [0.05, 0.1) is 17.4 Å². The van der Waals surface area contributed by atoms with Crippen molar-refractivity contribution >= 4 is 16.8 Å². The molecule has 0 spiro atoms. The molecule has 0 fully saturated rings. The molecular weight excluding hydrogens is 342 g/mol. The van der Waals surface area contributed by atoms with Crippen LogP contribution < -0.4 is 15.6 Å². The Bertz CT molecular complexity index is 1010. The van der Waals surface area contributed by atoms with Gasteiger partial charge < -0.3 is 15.0 Å². The number of aromatic amines is 1. The van der Waals surface area contributed by atoms with Gasteiger partial charge in [0.1, 0.15) is 18.2 Å². The first-order chi connectivity index (χ1) is 13.0. The van der Waals surface area contributed by atoms with E-state index in [4.69, 9.17) is 4.74 Å². The third-order valence-corrected chi connectivity index (χ3v) is 4.26. The number of nitrogens with one attached hydrogen (secondary N) is 2. The second kappa shape index (κ2) is 8.49. The second-order valence-electron chi connectivity index (χ2n) is 6.50. The number of carbonyl (C=O) groups excluding carboxylic acids is 1. The maximum Gasteiger partial charge on any atom is 0.258 e. The highest BCUT2D eigenvalue weighted by molar-refractivity contribution is 5.78. The largest absolute Gasteiger partial charge is 0.491 e. The molecule has 0 aliphatic carbocycles. The summed E-state index contributed by atoms with van der Waals surface area (Å²) in [5.74, 6) is 1.24. The van der Waals surface area contributed by atoms with E-state index < -0.39 is 0 Å². The van der Waals surface area contributed by atoms with E-state index in [0.29, 0.717) is 36.3 Å². The van der Waals surface area contributed by atoms with Crippen LogP contribution in [0.4, 0.5) is 0 Å². The van der Waals surface area contributed by atoms with E-state index in [1.807, 2.05) is 32.0 Å². The summed E-state index contributed by atoms with van der Waals surface area (Å²) in [5, 5.41) is 3.37. The minimum Gasteiger partial charge on any atom is -0.491 e. The van der Waals surface area contributed by atoms with Crippen molar-refractivity contribution in [1.82, 2.24) is 15.3 Å². The zero-order chi connectivity index (χ0) is 19.2. The molecule has 3 rings (SSSR count). The van der Waals surface area contributed by atoms with Crippen LogP contribution in [0.15, 0.2) is 47.3 Å². The maximum atomic E-state index is 12.0. The summed E-state index contributed by atoms with van der Waals surface area (Å²) in [6.45, 7) is 4.86.